The molecule has 0 radical (unpaired) electrons. The van der Waals surface area contributed by atoms with Crippen molar-refractivity contribution in [3.63, 3.8) is 0 Å². The smallest absolute Gasteiger partial charge is 0.128 e. The second-order valence-corrected chi connectivity index (χ2v) is 5.39. The van der Waals surface area contributed by atoms with E-state index in [1.165, 1.54) is 11.6 Å². The summed E-state index contributed by atoms with van der Waals surface area (Å²) in [6.07, 6.45) is 1.78. The summed E-state index contributed by atoms with van der Waals surface area (Å²) in [6, 6.07) is 6.79. The lowest BCUT2D eigenvalue weighted by Gasteiger charge is -2.17. The molecule has 1 aromatic carbocycles. The van der Waals surface area contributed by atoms with Crippen molar-refractivity contribution >= 4 is 22.9 Å². The van der Waals surface area contributed by atoms with Gasteiger partial charge in [0.15, 0.2) is 0 Å². The molecule has 0 amide bonds. The van der Waals surface area contributed by atoms with Gasteiger partial charge in [0.25, 0.3) is 0 Å². The van der Waals surface area contributed by atoms with Crippen LogP contribution in [0.15, 0.2) is 35.0 Å². The molecule has 2 aromatic rings. The molecule has 0 saturated carbocycles. The summed E-state index contributed by atoms with van der Waals surface area (Å²) in [5, 5.41) is 7.91. The Kier molecular flexibility index (Phi) is 4.75. The Bertz CT molecular complexity index is 499. The summed E-state index contributed by atoms with van der Waals surface area (Å²) >= 11 is 7.61. The molecule has 0 spiro atoms. The van der Waals surface area contributed by atoms with Crippen molar-refractivity contribution in [1.29, 1.82) is 0 Å². The van der Waals surface area contributed by atoms with Crippen LogP contribution in [0.2, 0.25) is 5.02 Å². The first kappa shape index (κ1) is 13.5. The van der Waals surface area contributed by atoms with Crippen molar-refractivity contribution < 1.29 is 4.39 Å². The zero-order valence-electron chi connectivity index (χ0n) is 10.1. The first-order valence-electron chi connectivity index (χ1n) is 5.84. The summed E-state index contributed by atoms with van der Waals surface area (Å²) in [5.41, 5.74) is 1.93. The highest BCUT2D eigenvalue weighted by Gasteiger charge is 2.14. The minimum atomic E-state index is -0.205. The molecule has 1 aromatic heterocycles. The topological polar surface area (TPSA) is 12.0 Å². The lowest BCUT2D eigenvalue weighted by molar-refractivity contribution is 0.509. The third kappa shape index (κ3) is 3.31. The molecule has 1 atom stereocenters. The van der Waals surface area contributed by atoms with Crippen LogP contribution < -0.4 is 5.32 Å². The highest BCUT2D eigenvalue weighted by atomic mass is 35.5. The fraction of sp³-hybridized carbons (Fsp3) is 0.286. The van der Waals surface area contributed by atoms with Crippen LogP contribution in [-0.4, -0.2) is 7.05 Å². The maximum absolute atomic E-state index is 13.8. The average Bonchev–Trinajstić information content (AvgIpc) is 2.87. The van der Waals surface area contributed by atoms with E-state index in [1.54, 1.807) is 23.5 Å². The summed E-state index contributed by atoms with van der Waals surface area (Å²) in [6.45, 7) is 0. The minimum Gasteiger partial charge on any atom is -0.313 e. The minimum absolute atomic E-state index is 0.0106. The molecule has 0 aliphatic carbocycles. The summed E-state index contributed by atoms with van der Waals surface area (Å²) in [5.74, 6) is -0.205. The van der Waals surface area contributed by atoms with Crippen LogP contribution in [0.1, 0.15) is 23.6 Å². The zero-order valence-corrected chi connectivity index (χ0v) is 11.7. The predicted molar refractivity (Wildman–Crippen MR) is 75.9 cm³/mol. The van der Waals surface area contributed by atoms with Crippen LogP contribution in [0.5, 0.6) is 0 Å². The van der Waals surface area contributed by atoms with Crippen molar-refractivity contribution in [1.82, 2.24) is 5.32 Å². The second kappa shape index (κ2) is 6.32. The monoisotopic (exact) mass is 283 g/mol. The van der Waals surface area contributed by atoms with E-state index in [0.717, 1.165) is 12.8 Å². The third-order valence-corrected chi connectivity index (χ3v) is 3.95. The first-order valence-corrected chi connectivity index (χ1v) is 7.16. The van der Waals surface area contributed by atoms with Gasteiger partial charge in [0.05, 0.1) is 0 Å². The molecule has 1 nitrogen and oxygen atoms in total. The second-order valence-electron chi connectivity index (χ2n) is 4.18. The van der Waals surface area contributed by atoms with Crippen molar-refractivity contribution in [2.45, 2.75) is 18.9 Å². The molecule has 0 fully saturated rings. The SMILES string of the molecule is CNC(CCc1ccsc1)c1cc(Cl)ccc1F. The first-order chi connectivity index (χ1) is 8.70. The van der Waals surface area contributed by atoms with Gasteiger partial charge >= 0.3 is 0 Å². The summed E-state index contributed by atoms with van der Waals surface area (Å²) in [7, 11) is 1.85. The van der Waals surface area contributed by atoms with E-state index in [4.69, 9.17) is 11.6 Å². The Balaban J connectivity index is 2.10. The maximum atomic E-state index is 13.8. The number of thiophene rings is 1. The van der Waals surface area contributed by atoms with Gasteiger partial charge in [-0.3, -0.25) is 0 Å². The van der Waals surface area contributed by atoms with Crippen molar-refractivity contribution in [2.24, 2.45) is 0 Å². The molecule has 18 heavy (non-hydrogen) atoms. The Morgan fingerprint density at radius 2 is 2.22 bits per heavy atom. The van der Waals surface area contributed by atoms with Crippen molar-refractivity contribution in [2.75, 3.05) is 7.05 Å². The van der Waals surface area contributed by atoms with Crippen LogP contribution in [0.3, 0.4) is 0 Å². The third-order valence-electron chi connectivity index (χ3n) is 2.98. The van der Waals surface area contributed by atoms with E-state index >= 15 is 0 Å². The molecular formula is C14H15ClFNS. The predicted octanol–water partition coefficient (Wildman–Crippen LogP) is 4.43. The van der Waals surface area contributed by atoms with Gasteiger partial charge in [-0.15, -0.1) is 0 Å². The Morgan fingerprint density at radius 1 is 1.39 bits per heavy atom. The van der Waals surface area contributed by atoms with Crippen molar-refractivity contribution in [3.8, 4) is 0 Å². The molecular weight excluding hydrogens is 269 g/mol. The fourth-order valence-corrected chi connectivity index (χ4v) is 2.87. The van der Waals surface area contributed by atoms with Crippen LogP contribution in [0, 0.1) is 5.82 Å². The average molecular weight is 284 g/mol. The highest BCUT2D eigenvalue weighted by Crippen LogP contribution is 2.25. The fourth-order valence-electron chi connectivity index (χ4n) is 1.98. The normalized spacial score (nSPS) is 12.6. The van der Waals surface area contributed by atoms with E-state index in [-0.39, 0.29) is 11.9 Å². The van der Waals surface area contributed by atoms with E-state index in [2.05, 4.69) is 22.1 Å². The lowest BCUT2D eigenvalue weighted by Crippen LogP contribution is -2.18. The molecule has 0 bridgehead atoms. The van der Waals surface area contributed by atoms with Gasteiger partial charge in [0, 0.05) is 16.6 Å². The maximum Gasteiger partial charge on any atom is 0.128 e. The molecule has 1 heterocycles. The number of rotatable bonds is 5. The van der Waals surface area contributed by atoms with Gasteiger partial charge in [0.2, 0.25) is 0 Å². The van der Waals surface area contributed by atoms with Crippen LogP contribution in [0.4, 0.5) is 4.39 Å². The van der Waals surface area contributed by atoms with E-state index in [1.807, 2.05) is 7.05 Å². The number of hydrogen-bond donors (Lipinski definition) is 1. The molecule has 4 heteroatoms. The molecule has 0 saturated heterocycles. The zero-order chi connectivity index (χ0) is 13.0. The number of aryl methyl sites for hydroxylation is 1. The van der Waals surface area contributed by atoms with Crippen LogP contribution in [0.25, 0.3) is 0 Å². The van der Waals surface area contributed by atoms with Crippen molar-refractivity contribution in [3.05, 3.63) is 57.0 Å². The molecule has 96 valence electrons. The van der Waals surface area contributed by atoms with Gasteiger partial charge < -0.3 is 5.32 Å². The number of halogens is 2. The Hall–Kier alpha value is -0.900. The van der Waals surface area contributed by atoms with Gasteiger partial charge in [-0.2, -0.15) is 11.3 Å². The van der Waals surface area contributed by atoms with Crippen LogP contribution >= 0.6 is 22.9 Å². The largest absolute Gasteiger partial charge is 0.313 e. The number of nitrogens with one attached hydrogen (secondary N) is 1. The molecule has 1 N–H and O–H groups in total. The van der Waals surface area contributed by atoms with E-state index < -0.39 is 0 Å². The van der Waals surface area contributed by atoms with Gasteiger partial charge in [0.1, 0.15) is 5.82 Å². The van der Waals surface area contributed by atoms with Gasteiger partial charge in [-0.1, -0.05) is 11.6 Å². The standard InChI is InChI=1S/C14H15ClFNS/c1-17-14(5-2-10-6-7-18-9-10)12-8-11(15)3-4-13(12)16/h3-4,6-9,14,17H,2,5H2,1H3. The molecule has 0 aliphatic rings. The van der Waals surface area contributed by atoms with E-state index in [9.17, 15) is 4.39 Å². The Morgan fingerprint density at radius 3 is 2.89 bits per heavy atom. The highest BCUT2D eigenvalue weighted by molar-refractivity contribution is 7.07. The molecule has 0 aliphatic heterocycles. The van der Waals surface area contributed by atoms with Gasteiger partial charge in [-0.05, 0) is 60.5 Å². The number of benzene rings is 1. The molecule has 2 rings (SSSR count). The Labute approximate surface area is 116 Å². The number of hydrogen-bond acceptors (Lipinski definition) is 2. The summed E-state index contributed by atoms with van der Waals surface area (Å²) in [4.78, 5) is 0. The lowest BCUT2D eigenvalue weighted by atomic mass is 10.00. The quantitative estimate of drug-likeness (QED) is 0.856. The van der Waals surface area contributed by atoms with Crippen LogP contribution in [-0.2, 0) is 6.42 Å². The van der Waals surface area contributed by atoms with E-state index in [0.29, 0.717) is 10.6 Å². The summed E-state index contributed by atoms with van der Waals surface area (Å²) < 4.78 is 13.8. The molecule has 1 unspecified atom stereocenters. The van der Waals surface area contributed by atoms with Gasteiger partial charge in [-0.25, -0.2) is 4.39 Å².